The van der Waals surface area contributed by atoms with E-state index >= 15 is 0 Å². The lowest BCUT2D eigenvalue weighted by atomic mass is 9.85. The average molecular weight is 285 g/mol. The van der Waals surface area contributed by atoms with E-state index in [9.17, 15) is 4.79 Å². The van der Waals surface area contributed by atoms with Gasteiger partial charge in [-0.2, -0.15) is 0 Å². The molecule has 0 heterocycles. The Morgan fingerprint density at radius 3 is 2.40 bits per heavy atom. The van der Waals surface area contributed by atoms with Crippen LogP contribution in [-0.2, 0) is 17.6 Å². The SMILES string of the molecule is O=C(O)/C=C/c1ccc2c(c1)CCc1cc(Cl)ccc1-2. The van der Waals surface area contributed by atoms with Crippen LogP contribution in [0.25, 0.3) is 17.2 Å². The summed E-state index contributed by atoms with van der Waals surface area (Å²) in [5.41, 5.74) is 5.90. The number of carboxylic acids is 1. The standard InChI is InChI=1S/C17H13ClO2/c18-14-5-7-16-13(10-14)4-3-12-9-11(1-6-15(12)16)2-8-17(19)20/h1-2,5-10H,3-4H2,(H,19,20)/b8-2+. The molecule has 2 aromatic carbocycles. The first-order valence-electron chi connectivity index (χ1n) is 6.46. The van der Waals surface area contributed by atoms with E-state index in [-0.39, 0.29) is 0 Å². The lowest BCUT2D eigenvalue weighted by Gasteiger charge is -2.20. The fourth-order valence-corrected chi connectivity index (χ4v) is 2.85. The zero-order chi connectivity index (χ0) is 14.1. The quantitative estimate of drug-likeness (QED) is 0.839. The van der Waals surface area contributed by atoms with Gasteiger partial charge in [-0.15, -0.1) is 0 Å². The van der Waals surface area contributed by atoms with Crippen LogP contribution in [0.5, 0.6) is 0 Å². The molecule has 0 spiro atoms. The highest BCUT2D eigenvalue weighted by atomic mass is 35.5. The largest absolute Gasteiger partial charge is 0.478 e. The summed E-state index contributed by atoms with van der Waals surface area (Å²) in [5.74, 6) is -0.928. The maximum absolute atomic E-state index is 10.6. The summed E-state index contributed by atoms with van der Waals surface area (Å²) in [7, 11) is 0. The maximum atomic E-state index is 10.6. The maximum Gasteiger partial charge on any atom is 0.328 e. The molecule has 0 radical (unpaired) electrons. The van der Waals surface area contributed by atoms with Crippen molar-refractivity contribution in [2.75, 3.05) is 0 Å². The average Bonchev–Trinajstić information content (AvgIpc) is 2.44. The summed E-state index contributed by atoms with van der Waals surface area (Å²) in [4.78, 5) is 10.6. The van der Waals surface area contributed by atoms with Crippen molar-refractivity contribution in [1.82, 2.24) is 0 Å². The van der Waals surface area contributed by atoms with Crippen molar-refractivity contribution in [3.05, 3.63) is 64.2 Å². The van der Waals surface area contributed by atoms with Crippen LogP contribution in [0.4, 0.5) is 0 Å². The second-order valence-electron chi connectivity index (χ2n) is 4.89. The third-order valence-corrected chi connectivity index (χ3v) is 3.80. The molecule has 0 saturated carbocycles. The van der Waals surface area contributed by atoms with Crippen LogP contribution in [0.2, 0.25) is 5.02 Å². The van der Waals surface area contributed by atoms with Crippen molar-refractivity contribution in [2.24, 2.45) is 0 Å². The molecular formula is C17H13ClO2. The number of fused-ring (bicyclic) bond motifs is 3. The zero-order valence-electron chi connectivity index (χ0n) is 10.8. The highest BCUT2D eigenvalue weighted by molar-refractivity contribution is 6.30. The molecule has 1 aliphatic carbocycles. The normalized spacial score (nSPS) is 13.1. The van der Waals surface area contributed by atoms with E-state index in [0.717, 1.165) is 29.5 Å². The van der Waals surface area contributed by atoms with Crippen molar-refractivity contribution in [3.63, 3.8) is 0 Å². The van der Waals surface area contributed by atoms with Gasteiger partial charge in [0.15, 0.2) is 0 Å². The summed E-state index contributed by atoms with van der Waals surface area (Å²) < 4.78 is 0. The molecule has 20 heavy (non-hydrogen) atoms. The first-order chi connectivity index (χ1) is 9.63. The van der Waals surface area contributed by atoms with Crippen LogP contribution in [0.15, 0.2) is 42.5 Å². The molecule has 0 saturated heterocycles. The van der Waals surface area contributed by atoms with Crippen LogP contribution in [0.3, 0.4) is 0 Å². The fourth-order valence-electron chi connectivity index (χ4n) is 2.66. The Morgan fingerprint density at radius 2 is 1.70 bits per heavy atom. The number of benzene rings is 2. The molecule has 1 aliphatic rings. The molecule has 0 amide bonds. The highest BCUT2D eigenvalue weighted by Crippen LogP contribution is 2.35. The summed E-state index contributed by atoms with van der Waals surface area (Å²) in [6, 6.07) is 12.1. The van der Waals surface area contributed by atoms with Gasteiger partial charge < -0.3 is 5.11 Å². The molecule has 0 aliphatic heterocycles. The smallest absolute Gasteiger partial charge is 0.328 e. The predicted molar refractivity (Wildman–Crippen MR) is 81.0 cm³/mol. The number of carboxylic acid groups (broad SMARTS) is 1. The third-order valence-electron chi connectivity index (χ3n) is 3.57. The molecule has 0 bridgehead atoms. The minimum Gasteiger partial charge on any atom is -0.478 e. The van der Waals surface area contributed by atoms with Crippen molar-refractivity contribution in [3.8, 4) is 11.1 Å². The number of aryl methyl sites for hydroxylation is 2. The zero-order valence-corrected chi connectivity index (χ0v) is 11.5. The van der Waals surface area contributed by atoms with Gasteiger partial charge >= 0.3 is 5.97 Å². The van der Waals surface area contributed by atoms with Crippen molar-refractivity contribution >= 4 is 23.6 Å². The second-order valence-corrected chi connectivity index (χ2v) is 5.33. The minimum absolute atomic E-state index is 0.771. The monoisotopic (exact) mass is 284 g/mol. The van der Waals surface area contributed by atoms with Crippen LogP contribution >= 0.6 is 11.6 Å². The van der Waals surface area contributed by atoms with Gasteiger partial charge in [0.2, 0.25) is 0 Å². The van der Waals surface area contributed by atoms with E-state index in [0.29, 0.717) is 0 Å². The number of rotatable bonds is 2. The van der Waals surface area contributed by atoms with Gasteiger partial charge in [0.1, 0.15) is 0 Å². The van der Waals surface area contributed by atoms with Gasteiger partial charge in [0.25, 0.3) is 0 Å². The molecular weight excluding hydrogens is 272 g/mol. The van der Waals surface area contributed by atoms with Crippen molar-refractivity contribution < 1.29 is 9.90 Å². The Kier molecular flexibility index (Phi) is 3.33. The van der Waals surface area contributed by atoms with Crippen LogP contribution in [0, 0.1) is 0 Å². The number of halogens is 1. The van der Waals surface area contributed by atoms with Crippen LogP contribution < -0.4 is 0 Å². The first-order valence-corrected chi connectivity index (χ1v) is 6.84. The molecule has 0 aromatic heterocycles. The molecule has 2 aromatic rings. The van der Waals surface area contributed by atoms with E-state index in [1.54, 1.807) is 6.08 Å². The van der Waals surface area contributed by atoms with Gasteiger partial charge in [-0.1, -0.05) is 35.9 Å². The third kappa shape index (κ3) is 2.47. The van der Waals surface area contributed by atoms with Crippen LogP contribution in [0.1, 0.15) is 16.7 Å². The Morgan fingerprint density at radius 1 is 1.05 bits per heavy atom. The molecule has 0 atom stereocenters. The lowest BCUT2D eigenvalue weighted by molar-refractivity contribution is -0.131. The highest BCUT2D eigenvalue weighted by Gasteiger charge is 2.16. The van der Waals surface area contributed by atoms with Gasteiger partial charge in [-0.05, 0) is 58.9 Å². The van der Waals surface area contributed by atoms with E-state index in [2.05, 4.69) is 18.2 Å². The minimum atomic E-state index is -0.928. The van der Waals surface area contributed by atoms with Crippen molar-refractivity contribution in [1.29, 1.82) is 0 Å². The lowest BCUT2D eigenvalue weighted by Crippen LogP contribution is -2.04. The number of hydrogen-bond acceptors (Lipinski definition) is 1. The number of hydrogen-bond donors (Lipinski definition) is 1. The van der Waals surface area contributed by atoms with E-state index in [1.165, 1.54) is 22.3 Å². The van der Waals surface area contributed by atoms with Gasteiger partial charge in [-0.3, -0.25) is 0 Å². The topological polar surface area (TPSA) is 37.3 Å². The molecule has 100 valence electrons. The molecule has 3 heteroatoms. The molecule has 0 fully saturated rings. The Bertz CT molecular complexity index is 717. The van der Waals surface area contributed by atoms with Gasteiger partial charge in [0.05, 0.1) is 0 Å². The first kappa shape index (κ1) is 12.9. The van der Waals surface area contributed by atoms with Crippen molar-refractivity contribution in [2.45, 2.75) is 12.8 Å². The number of aliphatic carboxylic acids is 1. The summed E-state index contributed by atoms with van der Waals surface area (Å²) in [6.45, 7) is 0. The Labute approximate surface area is 122 Å². The Balaban J connectivity index is 2.03. The fraction of sp³-hybridized carbons (Fsp3) is 0.118. The van der Waals surface area contributed by atoms with Gasteiger partial charge in [0, 0.05) is 11.1 Å². The van der Waals surface area contributed by atoms with Gasteiger partial charge in [-0.25, -0.2) is 4.79 Å². The molecule has 2 nitrogen and oxygen atoms in total. The molecule has 0 unspecified atom stereocenters. The summed E-state index contributed by atoms with van der Waals surface area (Å²) in [6.07, 6.45) is 4.71. The van der Waals surface area contributed by atoms with E-state index in [4.69, 9.17) is 16.7 Å². The molecule has 3 rings (SSSR count). The number of carbonyl (C=O) groups is 1. The Hall–Kier alpha value is -2.06. The van der Waals surface area contributed by atoms with E-state index in [1.807, 2.05) is 18.2 Å². The second kappa shape index (κ2) is 5.14. The molecule has 1 N–H and O–H groups in total. The van der Waals surface area contributed by atoms with Crippen LogP contribution in [-0.4, -0.2) is 11.1 Å². The predicted octanol–water partition coefficient (Wildman–Crippen LogP) is 4.20. The summed E-state index contributed by atoms with van der Waals surface area (Å²) >= 11 is 6.04. The summed E-state index contributed by atoms with van der Waals surface area (Å²) in [5, 5.41) is 9.44. The van der Waals surface area contributed by atoms with E-state index < -0.39 is 5.97 Å².